The molecule has 2 rings (SSSR count). The summed E-state index contributed by atoms with van der Waals surface area (Å²) in [5, 5.41) is 10.2. The Morgan fingerprint density at radius 2 is 2.11 bits per heavy atom. The Bertz CT molecular complexity index is 510. The third-order valence-electron chi connectivity index (χ3n) is 2.71. The van der Waals surface area contributed by atoms with Gasteiger partial charge in [0.05, 0.1) is 0 Å². The van der Waals surface area contributed by atoms with Gasteiger partial charge >= 0.3 is 0 Å². The number of amides is 1. The van der Waals surface area contributed by atoms with Crippen LogP contribution in [0.4, 0.5) is 0 Å². The number of rotatable bonds is 6. The number of hydrogen-bond acceptors (Lipinski definition) is 3. The summed E-state index contributed by atoms with van der Waals surface area (Å²) in [7, 11) is 0. The standard InChI is InChI=1S/C13H15BrN4O/c14-8-10-3-5-11(6-4-10)13(19)15-7-1-2-12-16-9-17-18-12/h3-6,9H,1-2,7-8H2,(H,15,19)(H,16,17,18). The number of H-pyrrole nitrogens is 1. The van der Waals surface area contributed by atoms with Crippen molar-refractivity contribution >= 4 is 21.8 Å². The van der Waals surface area contributed by atoms with Crippen molar-refractivity contribution in [3.8, 4) is 0 Å². The fourth-order valence-electron chi connectivity index (χ4n) is 1.66. The number of halogens is 1. The van der Waals surface area contributed by atoms with E-state index in [9.17, 15) is 4.79 Å². The Hall–Kier alpha value is -1.69. The van der Waals surface area contributed by atoms with Crippen molar-refractivity contribution in [2.45, 2.75) is 18.2 Å². The minimum atomic E-state index is -0.0429. The van der Waals surface area contributed by atoms with Crippen LogP contribution in [0.5, 0.6) is 0 Å². The second-order valence-electron chi connectivity index (χ2n) is 4.12. The monoisotopic (exact) mass is 322 g/mol. The van der Waals surface area contributed by atoms with E-state index < -0.39 is 0 Å². The first kappa shape index (κ1) is 13.7. The van der Waals surface area contributed by atoms with E-state index in [-0.39, 0.29) is 5.91 Å². The number of aryl methyl sites for hydroxylation is 1. The molecule has 0 fully saturated rings. The summed E-state index contributed by atoms with van der Waals surface area (Å²) >= 11 is 3.37. The van der Waals surface area contributed by atoms with Crippen LogP contribution in [0.2, 0.25) is 0 Å². The molecule has 0 bridgehead atoms. The zero-order valence-corrected chi connectivity index (χ0v) is 12.0. The van der Waals surface area contributed by atoms with Crippen LogP contribution in [0.3, 0.4) is 0 Å². The number of alkyl halides is 1. The average molecular weight is 323 g/mol. The van der Waals surface area contributed by atoms with E-state index >= 15 is 0 Å². The molecule has 0 spiro atoms. The van der Waals surface area contributed by atoms with Crippen LogP contribution in [0.1, 0.15) is 28.2 Å². The fourth-order valence-corrected chi connectivity index (χ4v) is 2.03. The second-order valence-corrected chi connectivity index (χ2v) is 4.68. The number of carbonyl (C=O) groups excluding carboxylic acids is 1. The molecule has 1 aromatic heterocycles. The molecule has 0 aliphatic rings. The maximum atomic E-state index is 11.8. The molecule has 1 amide bonds. The zero-order valence-electron chi connectivity index (χ0n) is 10.4. The van der Waals surface area contributed by atoms with E-state index in [0.29, 0.717) is 12.1 Å². The molecule has 0 saturated carbocycles. The van der Waals surface area contributed by atoms with Gasteiger partial charge < -0.3 is 5.32 Å². The van der Waals surface area contributed by atoms with Crippen molar-refractivity contribution in [1.82, 2.24) is 20.5 Å². The number of benzene rings is 1. The Morgan fingerprint density at radius 3 is 2.74 bits per heavy atom. The first-order valence-electron chi connectivity index (χ1n) is 6.07. The van der Waals surface area contributed by atoms with Crippen molar-refractivity contribution in [2.24, 2.45) is 0 Å². The zero-order chi connectivity index (χ0) is 13.5. The van der Waals surface area contributed by atoms with Crippen LogP contribution >= 0.6 is 15.9 Å². The first-order chi connectivity index (χ1) is 9.29. The minimum Gasteiger partial charge on any atom is -0.352 e. The van der Waals surface area contributed by atoms with Crippen LogP contribution in [-0.2, 0) is 11.8 Å². The van der Waals surface area contributed by atoms with Crippen molar-refractivity contribution < 1.29 is 4.79 Å². The van der Waals surface area contributed by atoms with Gasteiger partial charge in [-0.1, -0.05) is 28.1 Å². The summed E-state index contributed by atoms with van der Waals surface area (Å²) in [5.41, 5.74) is 1.84. The van der Waals surface area contributed by atoms with Crippen LogP contribution in [0.25, 0.3) is 0 Å². The summed E-state index contributed by atoms with van der Waals surface area (Å²) in [6.07, 6.45) is 3.10. The Morgan fingerprint density at radius 1 is 1.32 bits per heavy atom. The Balaban J connectivity index is 1.74. The van der Waals surface area contributed by atoms with Gasteiger partial charge in [0, 0.05) is 23.9 Å². The molecular formula is C13H15BrN4O. The van der Waals surface area contributed by atoms with Gasteiger partial charge in [0.1, 0.15) is 12.2 Å². The lowest BCUT2D eigenvalue weighted by atomic mass is 10.1. The van der Waals surface area contributed by atoms with Crippen LogP contribution < -0.4 is 5.32 Å². The normalized spacial score (nSPS) is 10.4. The van der Waals surface area contributed by atoms with E-state index in [1.807, 2.05) is 24.3 Å². The summed E-state index contributed by atoms with van der Waals surface area (Å²) in [5.74, 6) is 0.801. The maximum Gasteiger partial charge on any atom is 0.251 e. The molecule has 6 heteroatoms. The maximum absolute atomic E-state index is 11.8. The molecular weight excluding hydrogens is 308 g/mol. The molecule has 0 aliphatic carbocycles. The molecule has 0 atom stereocenters. The molecule has 0 aliphatic heterocycles. The highest BCUT2D eigenvalue weighted by Crippen LogP contribution is 2.07. The molecule has 5 nitrogen and oxygen atoms in total. The highest BCUT2D eigenvalue weighted by Gasteiger charge is 2.04. The van der Waals surface area contributed by atoms with Gasteiger partial charge in [-0.3, -0.25) is 9.89 Å². The second kappa shape index (κ2) is 7.04. The number of nitrogens with one attached hydrogen (secondary N) is 2. The molecule has 0 radical (unpaired) electrons. The van der Waals surface area contributed by atoms with Gasteiger partial charge in [-0.15, -0.1) is 0 Å². The van der Waals surface area contributed by atoms with Gasteiger partial charge in [0.2, 0.25) is 0 Å². The van der Waals surface area contributed by atoms with Crippen molar-refractivity contribution in [1.29, 1.82) is 0 Å². The van der Waals surface area contributed by atoms with Crippen molar-refractivity contribution in [3.63, 3.8) is 0 Å². The predicted molar refractivity (Wildman–Crippen MR) is 76.1 cm³/mol. The molecule has 1 aromatic carbocycles. The number of aromatic nitrogens is 3. The number of carbonyl (C=O) groups is 1. The summed E-state index contributed by atoms with van der Waals surface area (Å²) < 4.78 is 0. The first-order valence-corrected chi connectivity index (χ1v) is 7.19. The smallest absolute Gasteiger partial charge is 0.251 e. The van der Waals surface area contributed by atoms with E-state index in [1.165, 1.54) is 6.33 Å². The molecule has 2 aromatic rings. The lowest BCUT2D eigenvalue weighted by molar-refractivity contribution is 0.0953. The van der Waals surface area contributed by atoms with E-state index in [4.69, 9.17) is 0 Å². The number of aromatic amines is 1. The highest BCUT2D eigenvalue weighted by molar-refractivity contribution is 9.08. The largest absolute Gasteiger partial charge is 0.352 e. The third-order valence-corrected chi connectivity index (χ3v) is 3.36. The van der Waals surface area contributed by atoms with Crippen LogP contribution in [0.15, 0.2) is 30.6 Å². The molecule has 1 heterocycles. The number of nitrogens with zero attached hydrogens (tertiary/aromatic N) is 2. The lowest BCUT2D eigenvalue weighted by Crippen LogP contribution is -2.24. The SMILES string of the molecule is O=C(NCCCc1ncn[nH]1)c1ccc(CBr)cc1. The molecule has 19 heavy (non-hydrogen) atoms. The molecule has 2 N–H and O–H groups in total. The van der Waals surface area contributed by atoms with Gasteiger partial charge in [-0.05, 0) is 24.1 Å². The number of hydrogen-bond donors (Lipinski definition) is 2. The fraction of sp³-hybridized carbons (Fsp3) is 0.308. The summed E-state index contributed by atoms with van der Waals surface area (Å²) in [6, 6.07) is 7.56. The van der Waals surface area contributed by atoms with Gasteiger partial charge in [0.25, 0.3) is 5.91 Å². The molecule has 0 saturated heterocycles. The Kier molecular flexibility index (Phi) is 5.09. The van der Waals surface area contributed by atoms with E-state index in [1.54, 1.807) is 0 Å². The van der Waals surface area contributed by atoms with Crippen molar-refractivity contribution in [2.75, 3.05) is 6.54 Å². The van der Waals surface area contributed by atoms with Gasteiger partial charge in [-0.2, -0.15) is 5.10 Å². The predicted octanol–water partition coefficient (Wildman–Crippen LogP) is 2.06. The minimum absolute atomic E-state index is 0.0429. The summed E-state index contributed by atoms with van der Waals surface area (Å²) in [4.78, 5) is 15.9. The van der Waals surface area contributed by atoms with E-state index in [2.05, 4.69) is 36.4 Å². The quantitative estimate of drug-likeness (QED) is 0.631. The summed E-state index contributed by atoms with van der Waals surface area (Å²) in [6.45, 7) is 0.625. The highest BCUT2D eigenvalue weighted by atomic mass is 79.9. The van der Waals surface area contributed by atoms with Crippen molar-refractivity contribution in [3.05, 3.63) is 47.5 Å². The van der Waals surface area contributed by atoms with Gasteiger partial charge in [-0.25, -0.2) is 4.98 Å². The van der Waals surface area contributed by atoms with Crippen LogP contribution in [-0.4, -0.2) is 27.6 Å². The molecule has 100 valence electrons. The van der Waals surface area contributed by atoms with Gasteiger partial charge in [0.15, 0.2) is 0 Å². The topological polar surface area (TPSA) is 70.7 Å². The lowest BCUT2D eigenvalue weighted by Gasteiger charge is -2.05. The third kappa shape index (κ3) is 4.17. The average Bonchev–Trinajstić information content (AvgIpc) is 2.96. The Labute approximate surface area is 120 Å². The van der Waals surface area contributed by atoms with E-state index in [0.717, 1.165) is 29.6 Å². The molecule has 0 unspecified atom stereocenters. The van der Waals surface area contributed by atoms with Crippen LogP contribution in [0, 0.1) is 0 Å².